The Balaban J connectivity index is 2.26. The summed E-state index contributed by atoms with van der Waals surface area (Å²) in [6.07, 6.45) is 3.71. The fourth-order valence-electron chi connectivity index (χ4n) is 2.08. The third kappa shape index (κ3) is 2.10. The van der Waals surface area contributed by atoms with Crippen molar-refractivity contribution in [1.82, 2.24) is 19.6 Å². The number of aromatic nitrogens is 4. The number of alkyl halides is 1. The van der Waals surface area contributed by atoms with E-state index in [0.717, 1.165) is 28.1 Å². The molecule has 0 amide bonds. The summed E-state index contributed by atoms with van der Waals surface area (Å²) in [5.41, 5.74) is 3.18. The highest BCUT2D eigenvalue weighted by atomic mass is 79.9. The molecule has 0 bridgehead atoms. The summed E-state index contributed by atoms with van der Waals surface area (Å²) in [6.45, 7) is 2.02. The molecule has 0 spiro atoms. The lowest BCUT2D eigenvalue weighted by atomic mass is 10.2. The van der Waals surface area contributed by atoms with Crippen LogP contribution in [-0.4, -0.2) is 19.6 Å². The third-order valence-corrected chi connectivity index (χ3v) is 3.57. The number of rotatable bonds is 3. The van der Waals surface area contributed by atoms with E-state index in [4.69, 9.17) is 0 Å². The van der Waals surface area contributed by atoms with Gasteiger partial charge in [-0.1, -0.05) is 34.1 Å². The first kappa shape index (κ1) is 12.2. The summed E-state index contributed by atoms with van der Waals surface area (Å²) in [4.78, 5) is 0. The van der Waals surface area contributed by atoms with Crippen molar-refractivity contribution in [3.63, 3.8) is 0 Å². The lowest BCUT2D eigenvalue weighted by Crippen LogP contribution is -2.07. The maximum atomic E-state index is 4.63. The van der Waals surface area contributed by atoms with Crippen molar-refractivity contribution in [3.8, 4) is 11.5 Å². The zero-order valence-electron chi connectivity index (χ0n) is 10.5. The Morgan fingerprint density at radius 1 is 1.16 bits per heavy atom. The minimum Gasteiger partial charge on any atom is -0.222 e. The molecule has 2 aromatic heterocycles. The van der Waals surface area contributed by atoms with Crippen molar-refractivity contribution in [2.24, 2.45) is 0 Å². The van der Waals surface area contributed by atoms with Crippen LogP contribution in [0.3, 0.4) is 0 Å². The van der Waals surface area contributed by atoms with Gasteiger partial charge in [0.15, 0.2) is 5.82 Å². The average molecular weight is 317 g/mol. The van der Waals surface area contributed by atoms with E-state index in [1.54, 1.807) is 6.20 Å². The molecule has 4 nitrogen and oxygen atoms in total. The van der Waals surface area contributed by atoms with Crippen molar-refractivity contribution < 1.29 is 0 Å². The van der Waals surface area contributed by atoms with Gasteiger partial charge < -0.3 is 0 Å². The molecule has 1 aromatic carbocycles. The lowest BCUT2D eigenvalue weighted by Gasteiger charge is -2.08. The monoisotopic (exact) mass is 316 g/mol. The predicted molar refractivity (Wildman–Crippen MR) is 78.1 cm³/mol. The van der Waals surface area contributed by atoms with Gasteiger partial charge in [-0.2, -0.15) is 10.2 Å². The van der Waals surface area contributed by atoms with E-state index in [0.29, 0.717) is 0 Å². The Morgan fingerprint density at radius 3 is 2.58 bits per heavy atom. The molecule has 0 N–H and O–H groups in total. The second kappa shape index (κ2) is 5.01. The molecule has 0 aliphatic carbocycles. The van der Waals surface area contributed by atoms with Crippen LogP contribution >= 0.6 is 15.9 Å². The summed E-state index contributed by atoms with van der Waals surface area (Å²) >= 11 is 3.54. The Labute approximate surface area is 119 Å². The van der Waals surface area contributed by atoms with E-state index in [-0.39, 0.29) is 0 Å². The van der Waals surface area contributed by atoms with Crippen LogP contribution < -0.4 is 0 Å². The van der Waals surface area contributed by atoms with Gasteiger partial charge >= 0.3 is 0 Å². The molecule has 0 unspecified atom stereocenters. The molecule has 0 radical (unpaired) electrons. The smallest absolute Gasteiger partial charge is 0.161 e. The van der Waals surface area contributed by atoms with Gasteiger partial charge in [-0.25, -0.2) is 9.36 Å². The quantitative estimate of drug-likeness (QED) is 0.695. The SMILES string of the molecule is Cc1nn(-c2ccccc2)c(-n2cccn2)c1CBr. The van der Waals surface area contributed by atoms with Crippen LogP contribution in [0.4, 0.5) is 0 Å². The number of benzene rings is 1. The van der Waals surface area contributed by atoms with Crippen molar-refractivity contribution in [3.05, 3.63) is 60.0 Å². The highest BCUT2D eigenvalue weighted by Gasteiger charge is 2.17. The van der Waals surface area contributed by atoms with Crippen LogP contribution in [0.5, 0.6) is 0 Å². The standard InChI is InChI=1S/C14H13BrN4/c1-11-13(10-15)14(18-9-5-8-16-18)19(17-11)12-6-3-2-4-7-12/h2-9H,10H2,1H3. The van der Waals surface area contributed by atoms with Crippen molar-refractivity contribution >= 4 is 15.9 Å². The zero-order chi connectivity index (χ0) is 13.2. The summed E-state index contributed by atoms with van der Waals surface area (Å²) in [6, 6.07) is 12.0. The normalized spacial score (nSPS) is 10.8. The van der Waals surface area contributed by atoms with Gasteiger partial charge in [0.2, 0.25) is 0 Å². The fourth-order valence-corrected chi connectivity index (χ4v) is 2.74. The highest BCUT2D eigenvalue weighted by Crippen LogP contribution is 2.23. The van der Waals surface area contributed by atoms with Crippen molar-refractivity contribution in [1.29, 1.82) is 0 Å². The molecule has 19 heavy (non-hydrogen) atoms. The second-order valence-electron chi connectivity index (χ2n) is 4.22. The van der Waals surface area contributed by atoms with E-state index >= 15 is 0 Å². The second-order valence-corrected chi connectivity index (χ2v) is 4.78. The van der Waals surface area contributed by atoms with Gasteiger partial charge in [0.1, 0.15) is 0 Å². The van der Waals surface area contributed by atoms with Gasteiger partial charge in [0, 0.05) is 23.3 Å². The molecule has 96 valence electrons. The Hall–Kier alpha value is -1.88. The Kier molecular flexibility index (Phi) is 3.21. The molecule has 3 aromatic rings. The topological polar surface area (TPSA) is 35.6 Å². The average Bonchev–Trinajstić information content (AvgIpc) is 3.06. The molecule has 0 atom stereocenters. The van der Waals surface area contributed by atoms with Gasteiger partial charge in [-0.05, 0) is 25.1 Å². The first-order valence-corrected chi connectivity index (χ1v) is 7.13. The number of halogens is 1. The van der Waals surface area contributed by atoms with Gasteiger partial charge in [-0.15, -0.1) is 0 Å². The number of para-hydroxylation sites is 1. The van der Waals surface area contributed by atoms with E-state index in [1.165, 1.54) is 0 Å². The van der Waals surface area contributed by atoms with Crippen LogP contribution in [0.25, 0.3) is 11.5 Å². The third-order valence-electron chi connectivity index (χ3n) is 3.01. The van der Waals surface area contributed by atoms with E-state index < -0.39 is 0 Å². The number of aryl methyl sites for hydroxylation is 1. The molecule has 0 aliphatic heterocycles. The van der Waals surface area contributed by atoms with Gasteiger partial charge in [0.25, 0.3) is 0 Å². The molecule has 0 aliphatic rings. The summed E-state index contributed by atoms with van der Waals surface area (Å²) in [7, 11) is 0. The Bertz CT molecular complexity index is 671. The van der Waals surface area contributed by atoms with E-state index in [2.05, 4.69) is 26.1 Å². The Morgan fingerprint density at radius 2 is 1.95 bits per heavy atom. The van der Waals surface area contributed by atoms with E-state index in [1.807, 2.05) is 58.9 Å². The summed E-state index contributed by atoms with van der Waals surface area (Å²) in [5, 5.41) is 9.71. The van der Waals surface area contributed by atoms with Gasteiger partial charge in [0.05, 0.1) is 11.4 Å². The summed E-state index contributed by atoms with van der Waals surface area (Å²) < 4.78 is 3.78. The zero-order valence-corrected chi connectivity index (χ0v) is 12.1. The van der Waals surface area contributed by atoms with Crippen LogP contribution in [0.15, 0.2) is 48.8 Å². The van der Waals surface area contributed by atoms with Gasteiger partial charge in [-0.3, -0.25) is 0 Å². The number of hydrogen-bond acceptors (Lipinski definition) is 2. The minimum absolute atomic E-state index is 0.751. The van der Waals surface area contributed by atoms with Crippen LogP contribution in [-0.2, 0) is 5.33 Å². The largest absolute Gasteiger partial charge is 0.222 e. The molecule has 3 rings (SSSR count). The molecule has 0 saturated heterocycles. The van der Waals surface area contributed by atoms with Crippen LogP contribution in [0.2, 0.25) is 0 Å². The molecular formula is C14H13BrN4. The molecule has 0 saturated carbocycles. The number of nitrogens with zero attached hydrogens (tertiary/aromatic N) is 4. The fraction of sp³-hybridized carbons (Fsp3) is 0.143. The maximum Gasteiger partial charge on any atom is 0.161 e. The molecule has 0 fully saturated rings. The molecule has 2 heterocycles. The first-order valence-electron chi connectivity index (χ1n) is 6.01. The van der Waals surface area contributed by atoms with Crippen molar-refractivity contribution in [2.75, 3.05) is 0 Å². The predicted octanol–water partition coefficient (Wildman–Crippen LogP) is 3.26. The van der Waals surface area contributed by atoms with Crippen molar-refractivity contribution in [2.45, 2.75) is 12.3 Å². The number of hydrogen-bond donors (Lipinski definition) is 0. The maximum absolute atomic E-state index is 4.63. The minimum atomic E-state index is 0.751. The lowest BCUT2D eigenvalue weighted by molar-refractivity contribution is 0.759. The summed E-state index contributed by atoms with van der Waals surface area (Å²) in [5.74, 6) is 0.977. The molecular weight excluding hydrogens is 304 g/mol. The van der Waals surface area contributed by atoms with E-state index in [9.17, 15) is 0 Å². The highest BCUT2D eigenvalue weighted by molar-refractivity contribution is 9.08. The molecule has 5 heteroatoms. The first-order chi connectivity index (χ1) is 9.31. The van der Waals surface area contributed by atoms with Crippen LogP contribution in [0.1, 0.15) is 11.3 Å². The van der Waals surface area contributed by atoms with Crippen LogP contribution in [0, 0.1) is 6.92 Å².